The lowest BCUT2D eigenvalue weighted by atomic mass is 10.0. The molecule has 1 aliphatic rings. The van der Waals surface area contributed by atoms with E-state index in [2.05, 4.69) is 45.4 Å². The molecule has 5 rings (SSSR count). The molecule has 0 saturated heterocycles. The molecule has 1 aromatic carbocycles. The van der Waals surface area contributed by atoms with Gasteiger partial charge in [0.05, 0.1) is 0 Å². The van der Waals surface area contributed by atoms with Crippen LogP contribution in [0.3, 0.4) is 0 Å². The van der Waals surface area contributed by atoms with Gasteiger partial charge in [-0.2, -0.15) is 5.10 Å². The maximum atomic E-state index is 4.46. The number of fused-ring (bicyclic) bond motifs is 2. The van der Waals surface area contributed by atoms with Crippen LogP contribution in [0.5, 0.6) is 0 Å². The summed E-state index contributed by atoms with van der Waals surface area (Å²) in [6.07, 6.45) is 10.6. The molecule has 0 unspecified atom stereocenters. The third kappa shape index (κ3) is 1.67. The van der Waals surface area contributed by atoms with Gasteiger partial charge in [0, 0.05) is 41.9 Å². The van der Waals surface area contributed by atoms with Crippen LogP contribution >= 0.6 is 0 Å². The molecular weight excluding hydrogens is 272 g/mol. The van der Waals surface area contributed by atoms with Crippen molar-refractivity contribution in [3.8, 4) is 0 Å². The highest BCUT2D eigenvalue weighted by molar-refractivity contribution is 5.86. The number of benzene rings is 1. The lowest BCUT2D eigenvalue weighted by molar-refractivity contribution is 0.906. The summed E-state index contributed by atoms with van der Waals surface area (Å²) in [7, 11) is 0. The van der Waals surface area contributed by atoms with E-state index in [0.717, 1.165) is 5.65 Å². The van der Waals surface area contributed by atoms with Gasteiger partial charge in [0.15, 0.2) is 5.65 Å². The second-order valence-corrected chi connectivity index (χ2v) is 5.87. The fraction of sp³-hybridized carbons (Fsp3) is 0.167. The number of aromatic nitrogens is 4. The predicted octanol–water partition coefficient (Wildman–Crippen LogP) is 3.55. The molecular formula is C18H14N4. The van der Waals surface area contributed by atoms with Crippen LogP contribution in [0.2, 0.25) is 0 Å². The van der Waals surface area contributed by atoms with Crippen LogP contribution in [0.4, 0.5) is 0 Å². The number of rotatable bonds is 2. The zero-order valence-corrected chi connectivity index (χ0v) is 11.9. The van der Waals surface area contributed by atoms with Gasteiger partial charge in [-0.15, -0.1) is 0 Å². The molecule has 1 saturated carbocycles. The molecule has 2 atom stereocenters. The molecule has 4 aromatic rings. The van der Waals surface area contributed by atoms with Crippen LogP contribution in [0.15, 0.2) is 61.3 Å². The zero-order chi connectivity index (χ0) is 14.5. The molecule has 22 heavy (non-hydrogen) atoms. The first-order valence-electron chi connectivity index (χ1n) is 7.53. The van der Waals surface area contributed by atoms with Crippen molar-refractivity contribution < 1.29 is 0 Å². The summed E-state index contributed by atoms with van der Waals surface area (Å²) in [5.41, 5.74) is 3.68. The fourth-order valence-corrected chi connectivity index (χ4v) is 3.49. The molecule has 1 fully saturated rings. The van der Waals surface area contributed by atoms with Gasteiger partial charge in [0.25, 0.3) is 0 Å². The quantitative estimate of drug-likeness (QED) is 0.566. The Hall–Kier alpha value is -2.75. The van der Waals surface area contributed by atoms with E-state index >= 15 is 0 Å². The summed E-state index contributed by atoms with van der Waals surface area (Å²) in [5, 5.41) is 6.84. The summed E-state index contributed by atoms with van der Waals surface area (Å²) in [5.74, 6) is 1.08. The van der Waals surface area contributed by atoms with E-state index in [4.69, 9.17) is 0 Å². The maximum absolute atomic E-state index is 4.46. The van der Waals surface area contributed by atoms with Gasteiger partial charge in [0.2, 0.25) is 0 Å². The van der Waals surface area contributed by atoms with Gasteiger partial charge in [-0.25, -0.2) is 9.50 Å². The van der Waals surface area contributed by atoms with Crippen molar-refractivity contribution in [3.63, 3.8) is 0 Å². The van der Waals surface area contributed by atoms with E-state index in [1.165, 1.54) is 28.3 Å². The van der Waals surface area contributed by atoms with Crippen molar-refractivity contribution in [1.29, 1.82) is 0 Å². The Bertz CT molecular complexity index is 983. The Balaban J connectivity index is 1.60. The fourth-order valence-electron chi connectivity index (χ4n) is 3.49. The van der Waals surface area contributed by atoms with Crippen LogP contribution in [-0.2, 0) is 0 Å². The minimum atomic E-state index is 0.527. The van der Waals surface area contributed by atoms with E-state index in [1.807, 2.05) is 35.5 Å². The van der Waals surface area contributed by atoms with Gasteiger partial charge >= 0.3 is 0 Å². The Labute approximate surface area is 127 Å². The van der Waals surface area contributed by atoms with Gasteiger partial charge < -0.3 is 0 Å². The van der Waals surface area contributed by atoms with Gasteiger partial charge in [-0.1, -0.05) is 18.2 Å². The molecule has 106 valence electrons. The number of hydrogen-bond acceptors (Lipinski definition) is 3. The second-order valence-electron chi connectivity index (χ2n) is 5.87. The topological polar surface area (TPSA) is 43.1 Å². The Morgan fingerprint density at radius 1 is 0.955 bits per heavy atom. The van der Waals surface area contributed by atoms with E-state index in [0.29, 0.717) is 11.8 Å². The predicted molar refractivity (Wildman–Crippen MR) is 84.8 cm³/mol. The van der Waals surface area contributed by atoms with Crippen LogP contribution in [0, 0.1) is 0 Å². The van der Waals surface area contributed by atoms with E-state index in [-0.39, 0.29) is 0 Å². The van der Waals surface area contributed by atoms with Crippen LogP contribution in [0.1, 0.15) is 29.4 Å². The van der Waals surface area contributed by atoms with Crippen molar-refractivity contribution in [1.82, 2.24) is 19.6 Å². The number of pyridine rings is 1. The molecule has 0 bridgehead atoms. The monoisotopic (exact) mass is 286 g/mol. The highest BCUT2D eigenvalue weighted by Crippen LogP contribution is 2.56. The van der Waals surface area contributed by atoms with Crippen LogP contribution in [-0.4, -0.2) is 19.6 Å². The SMILES string of the molecule is c1cc([C@H]2C[C@@H]2c2ccnn3ccnc23)c2cnccc2c1. The summed E-state index contributed by atoms with van der Waals surface area (Å²) >= 11 is 0. The van der Waals surface area contributed by atoms with Crippen molar-refractivity contribution in [2.75, 3.05) is 0 Å². The lowest BCUT2D eigenvalue weighted by Crippen LogP contribution is -1.95. The van der Waals surface area contributed by atoms with Crippen molar-refractivity contribution >= 4 is 16.4 Å². The number of imidazole rings is 1. The molecule has 3 heterocycles. The molecule has 4 heteroatoms. The Morgan fingerprint density at radius 2 is 1.91 bits per heavy atom. The molecule has 4 nitrogen and oxygen atoms in total. The van der Waals surface area contributed by atoms with Crippen LogP contribution in [0.25, 0.3) is 16.4 Å². The highest BCUT2D eigenvalue weighted by atomic mass is 15.2. The van der Waals surface area contributed by atoms with Crippen molar-refractivity contribution in [2.45, 2.75) is 18.3 Å². The van der Waals surface area contributed by atoms with Crippen molar-refractivity contribution in [3.05, 3.63) is 72.4 Å². The molecule has 3 aromatic heterocycles. The third-order valence-electron chi connectivity index (χ3n) is 4.63. The standard InChI is InChI=1S/C18H14N4/c1-2-12-4-6-19-11-17(12)13(3-1)15-10-16(15)14-5-7-21-22-9-8-20-18(14)22/h1-9,11,15-16H,10H2/t15-,16-/m1/s1. The third-order valence-corrected chi connectivity index (χ3v) is 4.63. The summed E-state index contributed by atoms with van der Waals surface area (Å²) in [4.78, 5) is 8.76. The maximum Gasteiger partial charge on any atom is 0.156 e. The van der Waals surface area contributed by atoms with Crippen molar-refractivity contribution in [2.24, 2.45) is 0 Å². The van der Waals surface area contributed by atoms with E-state index in [9.17, 15) is 0 Å². The largest absolute Gasteiger partial charge is 0.264 e. The summed E-state index contributed by atoms with van der Waals surface area (Å²) in [6.45, 7) is 0. The highest BCUT2D eigenvalue weighted by Gasteiger charge is 2.41. The molecule has 1 aliphatic carbocycles. The average Bonchev–Trinajstić information content (AvgIpc) is 3.21. The van der Waals surface area contributed by atoms with E-state index < -0.39 is 0 Å². The normalized spacial score (nSPS) is 20.5. The second kappa shape index (κ2) is 4.37. The summed E-state index contributed by atoms with van der Waals surface area (Å²) in [6, 6.07) is 10.7. The Morgan fingerprint density at radius 3 is 2.91 bits per heavy atom. The molecule has 0 amide bonds. The first kappa shape index (κ1) is 11.9. The first-order valence-corrected chi connectivity index (χ1v) is 7.53. The van der Waals surface area contributed by atoms with Crippen LogP contribution < -0.4 is 0 Å². The average molecular weight is 286 g/mol. The Kier molecular flexibility index (Phi) is 2.36. The summed E-state index contributed by atoms with van der Waals surface area (Å²) < 4.78 is 1.86. The molecule has 0 N–H and O–H groups in total. The number of hydrogen-bond donors (Lipinski definition) is 0. The number of nitrogens with zero attached hydrogens (tertiary/aromatic N) is 4. The first-order chi connectivity index (χ1) is 10.9. The smallest absolute Gasteiger partial charge is 0.156 e. The molecule has 0 aliphatic heterocycles. The van der Waals surface area contributed by atoms with Gasteiger partial charge in [-0.05, 0) is 41.3 Å². The molecule has 0 spiro atoms. The lowest BCUT2D eigenvalue weighted by Gasteiger charge is -2.06. The van der Waals surface area contributed by atoms with Gasteiger partial charge in [0.1, 0.15) is 0 Å². The van der Waals surface area contributed by atoms with E-state index in [1.54, 1.807) is 0 Å². The minimum absolute atomic E-state index is 0.527. The zero-order valence-electron chi connectivity index (χ0n) is 11.9. The minimum Gasteiger partial charge on any atom is -0.264 e. The molecule has 0 radical (unpaired) electrons. The van der Waals surface area contributed by atoms with Gasteiger partial charge in [-0.3, -0.25) is 4.98 Å².